The number of hydrogen-bond acceptors (Lipinski definition) is 10. The van der Waals surface area contributed by atoms with E-state index < -0.39 is 0 Å². The lowest BCUT2D eigenvalue weighted by Gasteiger charge is -2.09. The van der Waals surface area contributed by atoms with Crippen LogP contribution in [-0.2, 0) is 47.4 Å². The van der Waals surface area contributed by atoms with Gasteiger partial charge >= 0.3 is 5.97 Å². The molecule has 360 valence electrons. The topological polar surface area (TPSA) is 100 Å². The molecule has 0 saturated heterocycles. The van der Waals surface area contributed by atoms with Crippen LogP contribution in [-0.4, -0.2) is 118 Å². The molecule has 0 aliphatic rings. The Kier molecular flexibility index (Phi) is 55.4. The number of hydrogen-bond donors (Lipinski definition) is 0. The summed E-state index contributed by atoms with van der Waals surface area (Å²) in [6.07, 6.45) is 39.6. The molecule has 0 aliphatic heterocycles. The van der Waals surface area contributed by atoms with Crippen molar-refractivity contribution in [2.24, 2.45) is 0 Å². The third-order valence-electron chi connectivity index (χ3n) is 10.7. The fourth-order valence-corrected chi connectivity index (χ4v) is 6.97. The minimum absolute atomic E-state index is 0.124. The van der Waals surface area contributed by atoms with Gasteiger partial charge in [-0.25, -0.2) is 0 Å². The smallest absolute Gasteiger partial charge is 0.305 e. The maximum atomic E-state index is 11.9. The average Bonchev–Trinajstić information content (AvgIpc) is 3.25. The first kappa shape index (κ1) is 59.1. The van der Waals surface area contributed by atoms with Crippen LogP contribution in [0.2, 0.25) is 0 Å². The Morgan fingerprint density at radius 3 is 0.700 bits per heavy atom. The molecule has 0 heterocycles. The van der Waals surface area contributed by atoms with Gasteiger partial charge in [-0.05, 0) is 12.8 Å². The summed E-state index contributed by atoms with van der Waals surface area (Å²) in [6.45, 7) is 13.6. The van der Waals surface area contributed by atoms with Crippen molar-refractivity contribution in [3.8, 4) is 0 Å². The van der Waals surface area contributed by atoms with E-state index in [4.69, 9.17) is 42.6 Å². The van der Waals surface area contributed by atoms with Crippen LogP contribution >= 0.6 is 0 Å². The first-order chi connectivity index (χ1) is 29.8. The van der Waals surface area contributed by atoms with Gasteiger partial charge in [0.05, 0.1) is 99.1 Å². The van der Waals surface area contributed by atoms with Crippen LogP contribution in [0.5, 0.6) is 0 Å². The minimum atomic E-state index is -0.124. The van der Waals surface area contributed by atoms with Crippen molar-refractivity contribution in [2.75, 3.05) is 112 Å². The highest BCUT2D eigenvalue weighted by atomic mass is 16.6. The largest absolute Gasteiger partial charge is 0.463 e. The zero-order chi connectivity index (χ0) is 43.2. The molecule has 10 nitrogen and oxygen atoms in total. The predicted octanol–water partition coefficient (Wildman–Crippen LogP) is 12.4. The van der Waals surface area contributed by atoms with E-state index in [0.717, 1.165) is 25.9 Å². The first-order valence-corrected chi connectivity index (χ1v) is 25.6. The summed E-state index contributed by atoms with van der Waals surface area (Å²) in [7, 11) is 0. The number of carbonyl (C=O) groups is 1. The Labute approximate surface area is 371 Å². The molecule has 0 saturated carbocycles. The Bertz CT molecular complexity index is 773. The van der Waals surface area contributed by atoms with Crippen LogP contribution in [0.25, 0.3) is 0 Å². The van der Waals surface area contributed by atoms with Crippen LogP contribution in [0.4, 0.5) is 0 Å². The summed E-state index contributed by atoms with van der Waals surface area (Å²) >= 11 is 0. The highest BCUT2D eigenvalue weighted by Crippen LogP contribution is 2.15. The lowest BCUT2D eigenvalue weighted by Crippen LogP contribution is -2.15. The second kappa shape index (κ2) is 56.2. The van der Waals surface area contributed by atoms with Crippen molar-refractivity contribution >= 4 is 5.97 Å². The molecule has 0 aliphatic carbocycles. The molecule has 0 spiro atoms. The first-order valence-electron chi connectivity index (χ1n) is 25.6. The Morgan fingerprint density at radius 1 is 0.233 bits per heavy atom. The number of carbonyl (C=O) groups excluding carboxylic acids is 1. The van der Waals surface area contributed by atoms with Gasteiger partial charge in [-0.1, -0.05) is 187 Å². The Hall–Kier alpha value is -0.850. The summed E-state index contributed by atoms with van der Waals surface area (Å²) in [5, 5.41) is 0. The van der Waals surface area contributed by atoms with E-state index in [9.17, 15) is 4.79 Å². The van der Waals surface area contributed by atoms with E-state index in [1.54, 1.807) is 0 Å². The maximum Gasteiger partial charge on any atom is 0.305 e. The minimum Gasteiger partial charge on any atom is -0.463 e. The lowest BCUT2D eigenvalue weighted by molar-refractivity contribution is -0.145. The molecule has 10 heteroatoms. The van der Waals surface area contributed by atoms with E-state index in [1.807, 2.05) is 0 Å². The molecule has 0 aromatic heterocycles. The van der Waals surface area contributed by atoms with Crippen LogP contribution in [0.1, 0.15) is 206 Å². The molecular weight excluding hydrogens is 761 g/mol. The zero-order valence-corrected chi connectivity index (χ0v) is 39.8. The summed E-state index contributed by atoms with van der Waals surface area (Å²) in [5.41, 5.74) is 0. The van der Waals surface area contributed by atoms with Crippen molar-refractivity contribution in [1.82, 2.24) is 0 Å². The molecule has 0 aromatic rings. The molecule has 0 bridgehead atoms. The van der Waals surface area contributed by atoms with Gasteiger partial charge in [-0.15, -0.1) is 0 Å². The third kappa shape index (κ3) is 55.2. The van der Waals surface area contributed by atoms with Crippen molar-refractivity contribution in [1.29, 1.82) is 0 Å². The zero-order valence-electron chi connectivity index (χ0n) is 39.8. The number of ether oxygens (including phenoxy) is 9. The van der Waals surface area contributed by atoms with Crippen molar-refractivity contribution < 1.29 is 47.4 Å². The molecule has 0 fully saturated rings. The standard InChI is InChI=1S/C50H100O10/c1-3-5-7-9-11-13-15-17-18-19-21-23-25-27-29-31-33-52-34-35-53-36-37-54-38-39-55-40-41-56-42-43-57-44-45-58-46-47-59-48-49-60-50(51)32-30-28-26-24-22-20-16-14-12-10-8-6-4-2/h3-49H2,1-2H3. The Balaban J connectivity index is 3.11. The summed E-state index contributed by atoms with van der Waals surface area (Å²) in [5.74, 6) is -0.124. The van der Waals surface area contributed by atoms with Crippen molar-refractivity contribution in [2.45, 2.75) is 206 Å². The second-order valence-corrected chi connectivity index (χ2v) is 16.4. The Morgan fingerprint density at radius 2 is 0.433 bits per heavy atom. The van der Waals surface area contributed by atoms with Gasteiger partial charge in [0.2, 0.25) is 0 Å². The quantitative estimate of drug-likeness (QED) is 0.0434. The fraction of sp³-hybridized carbons (Fsp3) is 0.980. The molecule has 0 amide bonds. The van der Waals surface area contributed by atoms with Crippen LogP contribution in [0.15, 0.2) is 0 Å². The molecule has 0 aromatic carbocycles. The maximum absolute atomic E-state index is 11.9. The molecule has 0 unspecified atom stereocenters. The molecule has 0 rings (SSSR count). The molecule has 0 N–H and O–H groups in total. The van der Waals surface area contributed by atoms with Gasteiger partial charge in [-0.2, -0.15) is 0 Å². The van der Waals surface area contributed by atoms with Crippen molar-refractivity contribution in [3.63, 3.8) is 0 Å². The molecule has 60 heavy (non-hydrogen) atoms. The van der Waals surface area contributed by atoms with E-state index in [2.05, 4.69) is 13.8 Å². The normalized spacial score (nSPS) is 11.6. The number of rotatable bonds is 55. The van der Waals surface area contributed by atoms with E-state index in [1.165, 1.54) is 167 Å². The van der Waals surface area contributed by atoms with Crippen LogP contribution < -0.4 is 0 Å². The highest BCUT2D eigenvalue weighted by Gasteiger charge is 2.03. The highest BCUT2D eigenvalue weighted by molar-refractivity contribution is 5.69. The molecule has 0 radical (unpaired) electrons. The SMILES string of the molecule is CCCCCCCCCCCCCCCCCCOCCOCCOCCOCCOCCOCCOCCOCCOC(=O)CCCCCCCCCCCCCCC. The van der Waals surface area contributed by atoms with Gasteiger partial charge in [0.1, 0.15) is 6.61 Å². The van der Waals surface area contributed by atoms with E-state index in [-0.39, 0.29) is 5.97 Å². The van der Waals surface area contributed by atoms with E-state index >= 15 is 0 Å². The fourth-order valence-electron chi connectivity index (χ4n) is 6.97. The summed E-state index contributed by atoms with van der Waals surface area (Å²) < 4.78 is 49.7. The van der Waals surface area contributed by atoms with Gasteiger partial charge in [-0.3, -0.25) is 4.79 Å². The molecule has 0 atom stereocenters. The van der Waals surface area contributed by atoms with Crippen LogP contribution in [0.3, 0.4) is 0 Å². The number of unbranched alkanes of at least 4 members (excludes halogenated alkanes) is 27. The van der Waals surface area contributed by atoms with E-state index in [0.29, 0.717) is 112 Å². The predicted molar refractivity (Wildman–Crippen MR) is 247 cm³/mol. The van der Waals surface area contributed by atoms with Gasteiger partial charge in [0.25, 0.3) is 0 Å². The van der Waals surface area contributed by atoms with Gasteiger partial charge in [0.15, 0.2) is 0 Å². The number of esters is 1. The van der Waals surface area contributed by atoms with Gasteiger partial charge in [0, 0.05) is 13.0 Å². The second-order valence-electron chi connectivity index (χ2n) is 16.4. The van der Waals surface area contributed by atoms with Gasteiger partial charge < -0.3 is 42.6 Å². The van der Waals surface area contributed by atoms with Crippen LogP contribution in [0, 0.1) is 0 Å². The third-order valence-corrected chi connectivity index (χ3v) is 10.7. The summed E-state index contributed by atoms with van der Waals surface area (Å²) in [6, 6.07) is 0. The van der Waals surface area contributed by atoms with Crippen molar-refractivity contribution in [3.05, 3.63) is 0 Å². The average molecular weight is 861 g/mol. The monoisotopic (exact) mass is 861 g/mol. The molecular formula is C50H100O10. The summed E-state index contributed by atoms with van der Waals surface area (Å²) in [4.78, 5) is 11.9. The lowest BCUT2D eigenvalue weighted by atomic mass is 10.0.